The minimum absolute atomic E-state index is 0.512. The van der Waals surface area contributed by atoms with E-state index in [9.17, 15) is 0 Å². The molecule has 1 aliphatic rings. The summed E-state index contributed by atoms with van der Waals surface area (Å²) in [7, 11) is 0. The lowest BCUT2D eigenvalue weighted by molar-refractivity contribution is 0.727. The number of rotatable bonds is 3. The molecule has 0 unspecified atom stereocenters. The van der Waals surface area contributed by atoms with Crippen molar-refractivity contribution >= 4 is 11.3 Å². The van der Waals surface area contributed by atoms with Gasteiger partial charge in [-0.15, -0.1) is 0 Å². The Hall–Kier alpha value is -4.58. The second-order valence-corrected chi connectivity index (χ2v) is 8.18. The maximum absolute atomic E-state index is 4.51. The van der Waals surface area contributed by atoms with Crippen molar-refractivity contribution in [3.05, 3.63) is 126 Å². The van der Waals surface area contributed by atoms with Crippen LogP contribution in [0.1, 0.15) is 22.4 Å². The van der Waals surface area contributed by atoms with Gasteiger partial charge in [-0.05, 0) is 46.0 Å². The van der Waals surface area contributed by atoms with Crippen molar-refractivity contribution in [1.29, 1.82) is 0 Å². The van der Waals surface area contributed by atoms with Crippen LogP contribution >= 0.6 is 0 Å². The summed E-state index contributed by atoms with van der Waals surface area (Å²) in [5.74, 6) is 0. The van der Waals surface area contributed by atoms with Crippen LogP contribution in [0.5, 0.6) is 0 Å². The van der Waals surface area contributed by atoms with E-state index in [0.29, 0.717) is 5.65 Å². The molecule has 1 aliphatic carbocycles. The zero-order valence-electron chi connectivity index (χ0n) is 17.6. The summed E-state index contributed by atoms with van der Waals surface area (Å²) in [6.45, 7) is 0. The van der Waals surface area contributed by atoms with Gasteiger partial charge in [0.25, 0.3) is 0 Å². The van der Waals surface area contributed by atoms with Gasteiger partial charge in [0.05, 0.1) is 11.1 Å². The van der Waals surface area contributed by atoms with E-state index < -0.39 is 5.41 Å². The summed E-state index contributed by atoms with van der Waals surface area (Å²) >= 11 is 0. The van der Waals surface area contributed by atoms with Gasteiger partial charge in [0.1, 0.15) is 6.33 Å². The fourth-order valence-electron chi connectivity index (χ4n) is 5.29. The van der Waals surface area contributed by atoms with Crippen LogP contribution in [0, 0.1) is 0 Å². The fourth-order valence-corrected chi connectivity index (χ4v) is 5.29. The van der Waals surface area contributed by atoms with E-state index in [1.54, 1.807) is 18.7 Å². The van der Waals surface area contributed by atoms with Crippen molar-refractivity contribution in [2.45, 2.75) is 5.41 Å². The summed E-state index contributed by atoms with van der Waals surface area (Å²) < 4.78 is 1.99. The van der Waals surface area contributed by atoms with Gasteiger partial charge in [-0.2, -0.15) is 5.10 Å². The number of fused-ring (bicyclic) bond motifs is 4. The van der Waals surface area contributed by atoms with Gasteiger partial charge in [0.2, 0.25) is 0 Å². The Labute approximate surface area is 189 Å². The van der Waals surface area contributed by atoms with E-state index in [-0.39, 0.29) is 0 Å². The summed E-state index contributed by atoms with van der Waals surface area (Å²) in [4.78, 5) is 13.3. The molecule has 156 valence electrons. The number of hydrogen-bond donors (Lipinski definition) is 1. The summed E-state index contributed by atoms with van der Waals surface area (Å²) in [5, 5.41) is 7.63. The highest BCUT2D eigenvalue weighted by molar-refractivity contribution is 5.86. The van der Waals surface area contributed by atoms with E-state index >= 15 is 0 Å². The summed E-state index contributed by atoms with van der Waals surface area (Å²) in [5.41, 5.74) is 8.97. The molecular weight excluding hydrogens is 408 g/mol. The van der Waals surface area contributed by atoms with Crippen molar-refractivity contribution in [2.24, 2.45) is 0 Å². The Balaban J connectivity index is 1.56. The molecule has 7 rings (SSSR count). The van der Waals surface area contributed by atoms with Crippen LogP contribution in [-0.4, -0.2) is 29.7 Å². The third kappa shape index (κ3) is 2.37. The summed E-state index contributed by atoms with van der Waals surface area (Å²) in [6, 6.07) is 27.9. The van der Waals surface area contributed by atoms with E-state index in [0.717, 1.165) is 22.6 Å². The van der Waals surface area contributed by atoms with Gasteiger partial charge in [0.15, 0.2) is 11.3 Å². The molecule has 6 heteroatoms. The second-order valence-electron chi connectivity index (χ2n) is 8.18. The Morgan fingerprint density at radius 1 is 0.697 bits per heavy atom. The minimum atomic E-state index is -0.512. The highest BCUT2D eigenvalue weighted by Crippen LogP contribution is 2.55. The van der Waals surface area contributed by atoms with Crippen LogP contribution in [0.15, 0.2) is 104 Å². The predicted molar refractivity (Wildman–Crippen MR) is 126 cm³/mol. The van der Waals surface area contributed by atoms with E-state index in [1.807, 2.05) is 10.8 Å². The largest absolute Gasteiger partial charge is 0.282 e. The van der Waals surface area contributed by atoms with Crippen LogP contribution in [0.2, 0.25) is 0 Å². The molecule has 0 bridgehead atoms. The molecule has 6 nitrogen and oxygen atoms in total. The Kier molecular flexibility index (Phi) is 3.67. The topological polar surface area (TPSA) is 72.3 Å². The average Bonchev–Trinajstić information content (AvgIpc) is 3.61. The molecule has 3 heterocycles. The first-order valence-electron chi connectivity index (χ1n) is 10.8. The molecule has 1 N–H and O–H groups in total. The molecule has 0 aliphatic heterocycles. The van der Waals surface area contributed by atoms with Crippen LogP contribution in [0.25, 0.3) is 28.1 Å². The zero-order chi connectivity index (χ0) is 21.8. The number of benzene rings is 3. The first-order chi connectivity index (χ1) is 16.4. The molecule has 0 fully saturated rings. The van der Waals surface area contributed by atoms with Gasteiger partial charge in [-0.25, -0.2) is 15.0 Å². The average molecular weight is 426 g/mol. The van der Waals surface area contributed by atoms with Gasteiger partial charge in [-0.1, -0.05) is 60.7 Å². The molecule has 0 saturated heterocycles. The van der Waals surface area contributed by atoms with Crippen molar-refractivity contribution < 1.29 is 0 Å². The monoisotopic (exact) mass is 426 g/mol. The molecule has 0 radical (unpaired) electrons. The number of nitrogens with zero attached hydrogens (tertiary/aromatic N) is 5. The van der Waals surface area contributed by atoms with Gasteiger partial charge >= 0.3 is 0 Å². The first-order valence-corrected chi connectivity index (χ1v) is 10.8. The van der Waals surface area contributed by atoms with Crippen LogP contribution in [0.3, 0.4) is 0 Å². The molecule has 0 amide bonds. The molecule has 0 spiro atoms. The van der Waals surface area contributed by atoms with Gasteiger partial charge in [0, 0.05) is 24.3 Å². The fraction of sp³-hybridized carbons (Fsp3) is 0.0370. The predicted octanol–water partition coefficient (Wildman–Crippen LogP) is 4.90. The van der Waals surface area contributed by atoms with Crippen LogP contribution < -0.4 is 0 Å². The smallest absolute Gasteiger partial charge is 0.197 e. The highest BCUT2D eigenvalue weighted by Gasteiger charge is 2.47. The lowest BCUT2D eigenvalue weighted by atomic mass is 9.70. The number of hydrogen-bond acceptors (Lipinski definition) is 4. The quantitative estimate of drug-likeness (QED) is 0.436. The summed E-state index contributed by atoms with van der Waals surface area (Å²) in [6.07, 6.45) is 6.96. The maximum atomic E-state index is 4.51. The van der Waals surface area contributed by atoms with E-state index in [2.05, 4.69) is 104 Å². The van der Waals surface area contributed by atoms with Crippen molar-refractivity contribution in [3.8, 4) is 16.8 Å². The lowest BCUT2D eigenvalue weighted by Gasteiger charge is -2.32. The second kappa shape index (κ2) is 6.71. The number of H-pyrrole nitrogens is 1. The molecule has 0 saturated carbocycles. The van der Waals surface area contributed by atoms with Crippen LogP contribution in [0.4, 0.5) is 0 Å². The third-order valence-electron chi connectivity index (χ3n) is 6.60. The molecule has 0 atom stereocenters. The van der Waals surface area contributed by atoms with Crippen LogP contribution in [-0.2, 0) is 5.41 Å². The van der Waals surface area contributed by atoms with Gasteiger partial charge in [-0.3, -0.25) is 9.67 Å². The Morgan fingerprint density at radius 2 is 1.45 bits per heavy atom. The normalized spacial score (nSPS) is 13.7. The first kappa shape index (κ1) is 18.0. The number of imidazole rings is 1. The van der Waals surface area contributed by atoms with Crippen molar-refractivity contribution in [1.82, 2.24) is 29.7 Å². The van der Waals surface area contributed by atoms with Crippen molar-refractivity contribution in [2.75, 3.05) is 0 Å². The van der Waals surface area contributed by atoms with E-state index in [4.69, 9.17) is 0 Å². The molecule has 3 aromatic carbocycles. The van der Waals surface area contributed by atoms with Crippen molar-refractivity contribution in [3.63, 3.8) is 0 Å². The Bertz CT molecular complexity index is 1580. The zero-order valence-corrected chi connectivity index (χ0v) is 17.6. The Morgan fingerprint density at radius 3 is 2.21 bits per heavy atom. The molecule has 6 aromatic rings. The number of aromatic amines is 1. The number of nitrogens with one attached hydrogen (secondary N) is 1. The minimum Gasteiger partial charge on any atom is -0.282 e. The standard InChI is InChI=1S/C27H18N6/c1-3-10-22-20(8-1)21-9-2-4-11-23(21)27(22,24-12-13-31-32-24)18-6-5-7-19(16-18)33-17-30-25-26(33)29-15-14-28-25/h1-17H,(H,31,32). The lowest BCUT2D eigenvalue weighted by Crippen LogP contribution is -2.29. The highest BCUT2D eigenvalue weighted by atomic mass is 15.1. The molecular formula is C27H18N6. The molecule has 33 heavy (non-hydrogen) atoms. The molecule has 3 aromatic heterocycles. The maximum Gasteiger partial charge on any atom is 0.197 e. The van der Waals surface area contributed by atoms with E-state index in [1.165, 1.54) is 22.3 Å². The SMILES string of the molecule is c1cc(-n2cnc3nccnc32)cc(C2(c3ccn[nH]3)c3ccccc3-c3ccccc32)c1. The van der Waals surface area contributed by atoms with Gasteiger partial charge < -0.3 is 0 Å². The number of aromatic nitrogens is 6. The third-order valence-corrected chi connectivity index (χ3v) is 6.60.